The lowest BCUT2D eigenvalue weighted by Gasteiger charge is -2.38. The van der Waals surface area contributed by atoms with Crippen molar-refractivity contribution < 1.29 is 65.9 Å². The quantitative estimate of drug-likeness (QED) is 0.146. The molecule has 0 aliphatic carbocycles. The zero-order chi connectivity index (χ0) is 51.6. The molecule has 0 heterocycles. The smallest absolute Gasteiger partial charge is 0.169 e. The summed E-state index contributed by atoms with van der Waals surface area (Å²) in [6.07, 6.45) is -26.4. The first-order chi connectivity index (χ1) is 31.0. The van der Waals surface area contributed by atoms with E-state index >= 15 is 0 Å². The molecule has 0 spiro atoms. The van der Waals surface area contributed by atoms with Gasteiger partial charge in [0.1, 0.15) is 0 Å². The van der Waals surface area contributed by atoms with Crippen molar-refractivity contribution in [1.29, 1.82) is 0 Å². The van der Waals surface area contributed by atoms with Gasteiger partial charge in [0, 0.05) is 5.41 Å². The van der Waals surface area contributed by atoms with Crippen LogP contribution in [-0.2, 0) is 22.4 Å². The van der Waals surface area contributed by atoms with Crippen LogP contribution in [0.2, 0.25) is 0 Å². The van der Waals surface area contributed by atoms with Crippen LogP contribution in [0.1, 0.15) is 91.7 Å². The van der Waals surface area contributed by atoms with Crippen LogP contribution in [-0.4, -0.2) is 24.7 Å². The van der Waals surface area contributed by atoms with E-state index in [-0.39, 0.29) is 5.41 Å². The van der Waals surface area contributed by atoms with E-state index in [4.69, 9.17) is 0 Å². The van der Waals surface area contributed by atoms with Crippen LogP contribution in [0.15, 0.2) is 133 Å². The average Bonchev–Trinajstić information content (AvgIpc) is 3.21. The molecule has 68 heavy (non-hydrogen) atoms. The molecule has 0 atom stereocenters. The molecular weight excluding hydrogens is 922 g/mol. The maximum atomic E-state index is 14.0. The van der Waals surface area contributed by atoms with E-state index in [0.717, 1.165) is 77.4 Å². The first-order valence-electron chi connectivity index (χ1n) is 20.8. The molecule has 0 aliphatic rings. The van der Waals surface area contributed by atoms with Crippen LogP contribution in [0, 0.1) is 48.5 Å². The zero-order valence-corrected chi connectivity index (χ0v) is 38.4. The van der Waals surface area contributed by atoms with Gasteiger partial charge in [0.25, 0.3) is 0 Å². The van der Waals surface area contributed by atoms with Gasteiger partial charge in [0.2, 0.25) is 10.8 Å². The molecule has 0 saturated heterocycles. The van der Waals surface area contributed by atoms with Gasteiger partial charge in [-0.1, -0.05) is 152 Å². The monoisotopic (exact) mass is 970 g/mol. The van der Waals surface area contributed by atoms with Gasteiger partial charge in [-0.05, 0) is 116 Å². The van der Waals surface area contributed by atoms with Gasteiger partial charge < -0.3 is 0 Å². The third kappa shape index (κ3) is 11.1. The van der Waals surface area contributed by atoms with Crippen LogP contribution in [0.5, 0.6) is 0 Å². The molecule has 0 fully saturated rings. The van der Waals surface area contributed by atoms with Crippen molar-refractivity contribution in [1.82, 2.24) is 0 Å². The summed E-state index contributed by atoms with van der Waals surface area (Å²) >= 11 is 0. The molecule has 0 amide bonds. The van der Waals surface area contributed by atoms with E-state index < -0.39 is 69.5 Å². The van der Waals surface area contributed by atoms with Crippen molar-refractivity contribution in [3.63, 3.8) is 0 Å². The number of halogens is 15. The van der Waals surface area contributed by atoms with Crippen LogP contribution in [0.3, 0.4) is 0 Å². The number of hydrogen-bond donors (Lipinski definition) is 0. The van der Waals surface area contributed by atoms with Gasteiger partial charge in [-0.25, -0.2) is 0 Å². The zero-order valence-electron chi connectivity index (χ0n) is 38.4. The minimum Gasteiger partial charge on any atom is -0.169 e. The van der Waals surface area contributed by atoms with Crippen LogP contribution in [0.4, 0.5) is 65.9 Å². The largest absolute Gasteiger partial charge is 0.416 e. The van der Waals surface area contributed by atoms with Crippen molar-refractivity contribution >= 4 is 0 Å². The standard InChI is InChI=1S/C19H18F6.C17H14F6.C17H17F3/c1-11-5-7-15(9-13(11)3)17(18(20,21)22,19(23,24)25)16-8-6-12(2)14(4)10-16;1-11-3-7-13(8-4-11)15(16(18,19)20,17(21,22)23)14-9-5-12(2)6-10-14;1-12-4-6-13(7-5-12)16(2,3)14-8-10-15(11-9-14)17(18,19)20/h5-10H,1-4H3;3-10H,1-2H3;4-11H,1-3H3. The fraction of sp³-hybridized carbons (Fsp3) is 0.321. The summed E-state index contributed by atoms with van der Waals surface area (Å²) in [5, 5.41) is 0. The van der Waals surface area contributed by atoms with E-state index in [2.05, 4.69) is 0 Å². The third-order valence-electron chi connectivity index (χ3n) is 12.3. The average molecular weight is 971 g/mol. The molecule has 15 heteroatoms. The fourth-order valence-electron chi connectivity index (χ4n) is 7.73. The molecule has 0 nitrogen and oxygen atoms in total. The summed E-state index contributed by atoms with van der Waals surface area (Å²) in [7, 11) is 0. The van der Waals surface area contributed by atoms with E-state index in [1.165, 1.54) is 50.2 Å². The predicted molar refractivity (Wildman–Crippen MR) is 235 cm³/mol. The van der Waals surface area contributed by atoms with Crippen molar-refractivity contribution in [3.8, 4) is 0 Å². The van der Waals surface area contributed by atoms with Gasteiger partial charge in [0.05, 0.1) is 5.56 Å². The molecular formula is C53H49F15. The molecule has 0 bridgehead atoms. The minimum atomic E-state index is -5.55. The maximum absolute atomic E-state index is 14.0. The highest BCUT2D eigenvalue weighted by Gasteiger charge is 2.73. The molecule has 0 N–H and O–H groups in total. The van der Waals surface area contributed by atoms with Crippen LogP contribution in [0.25, 0.3) is 0 Å². The van der Waals surface area contributed by atoms with Crippen LogP contribution < -0.4 is 0 Å². The summed E-state index contributed by atoms with van der Waals surface area (Å²) in [5.74, 6) is 0. The molecule has 6 aromatic carbocycles. The predicted octanol–water partition coefficient (Wildman–Crippen LogP) is 17.4. The van der Waals surface area contributed by atoms with Gasteiger partial charge in [-0.15, -0.1) is 0 Å². The highest BCUT2D eigenvalue weighted by atomic mass is 19.4. The van der Waals surface area contributed by atoms with Crippen molar-refractivity contribution in [2.24, 2.45) is 0 Å². The highest BCUT2D eigenvalue weighted by molar-refractivity contribution is 5.49. The second kappa shape index (κ2) is 19.7. The summed E-state index contributed by atoms with van der Waals surface area (Å²) < 4.78 is 204. The Morgan fingerprint density at radius 3 is 0.721 bits per heavy atom. The number of rotatable bonds is 6. The van der Waals surface area contributed by atoms with E-state index in [9.17, 15) is 65.9 Å². The molecule has 0 radical (unpaired) electrons. The summed E-state index contributed by atoms with van der Waals surface area (Å²) in [6, 6.07) is 28.4. The SMILES string of the molecule is Cc1ccc(C(C)(C)c2ccc(C(F)(F)F)cc2)cc1.Cc1ccc(C(c2ccc(C)c(C)c2)(C(F)(F)F)C(F)(F)F)cc1C.Cc1ccc(C(c2ccc(C)cc2)(C(F)(F)F)C(F)(F)F)cc1. The summed E-state index contributed by atoms with van der Waals surface area (Å²) in [4.78, 5) is 0. The lowest BCUT2D eigenvalue weighted by atomic mass is 9.71. The third-order valence-corrected chi connectivity index (χ3v) is 12.3. The normalized spacial score (nSPS) is 13.0. The van der Waals surface area contributed by atoms with Crippen molar-refractivity contribution in [2.75, 3.05) is 0 Å². The van der Waals surface area contributed by atoms with Gasteiger partial charge in [-0.2, -0.15) is 65.9 Å². The Bertz CT molecular complexity index is 2480. The molecule has 0 aromatic heterocycles. The number of benzene rings is 6. The maximum Gasteiger partial charge on any atom is 0.416 e. The lowest BCUT2D eigenvalue weighted by Crippen LogP contribution is -2.54. The number of alkyl halides is 15. The molecule has 366 valence electrons. The Hall–Kier alpha value is -5.73. The number of hydrogen-bond acceptors (Lipinski definition) is 0. The summed E-state index contributed by atoms with van der Waals surface area (Å²) in [5.41, 5.74) is -6.10. The molecule has 0 aliphatic heterocycles. The first-order valence-corrected chi connectivity index (χ1v) is 20.8. The van der Waals surface area contributed by atoms with Crippen LogP contribution >= 0.6 is 0 Å². The van der Waals surface area contributed by atoms with E-state index in [1.54, 1.807) is 39.8 Å². The van der Waals surface area contributed by atoms with Crippen molar-refractivity contribution in [2.45, 2.75) is 109 Å². The lowest BCUT2D eigenvalue weighted by molar-refractivity contribution is -0.290. The summed E-state index contributed by atoms with van der Waals surface area (Å²) in [6.45, 7) is 15.5. The first kappa shape index (κ1) is 54.9. The van der Waals surface area contributed by atoms with E-state index in [0.29, 0.717) is 33.4 Å². The molecule has 6 aromatic rings. The molecule has 0 saturated carbocycles. The minimum absolute atomic E-state index is 0.322. The Balaban J connectivity index is 0.000000224. The van der Waals surface area contributed by atoms with Gasteiger partial charge in [0.15, 0.2) is 0 Å². The fourth-order valence-corrected chi connectivity index (χ4v) is 7.73. The van der Waals surface area contributed by atoms with E-state index in [1.807, 2.05) is 45.0 Å². The molecule has 0 unspecified atom stereocenters. The molecule has 6 rings (SSSR count). The topological polar surface area (TPSA) is 0 Å². The Morgan fingerprint density at radius 2 is 0.471 bits per heavy atom. The highest BCUT2D eigenvalue weighted by Crippen LogP contribution is 2.58. The van der Waals surface area contributed by atoms with Crippen molar-refractivity contribution in [3.05, 3.63) is 211 Å². The van der Waals surface area contributed by atoms with Gasteiger partial charge in [-0.3, -0.25) is 0 Å². The Kier molecular flexibility index (Phi) is 15.9. The second-order valence-corrected chi connectivity index (χ2v) is 17.4. The van der Waals surface area contributed by atoms with Gasteiger partial charge >= 0.3 is 30.9 Å². The second-order valence-electron chi connectivity index (χ2n) is 17.4. The Morgan fingerprint density at radius 1 is 0.250 bits per heavy atom. The number of aryl methyl sites for hydroxylation is 7. The Labute approximate surface area is 385 Å².